The van der Waals surface area contributed by atoms with Crippen LogP contribution in [0.5, 0.6) is 0 Å². The summed E-state index contributed by atoms with van der Waals surface area (Å²) in [6.07, 6.45) is 7.56. The third kappa shape index (κ3) is 6.37. The zero-order chi connectivity index (χ0) is 18.2. The van der Waals surface area contributed by atoms with E-state index in [1.165, 1.54) is 58.4 Å². The molecule has 2 fully saturated rings. The molecule has 2 aliphatic rings. The van der Waals surface area contributed by atoms with Crippen LogP contribution in [0.4, 0.5) is 0 Å². The fraction of sp³-hybridized carbons (Fsp3) is 0.900. The van der Waals surface area contributed by atoms with Crippen molar-refractivity contribution in [2.75, 3.05) is 32.7 Å². The summed E-state index contributed by atoms with van der Waals surface area (Å²) in [5.41, 5.74) is 1.11. The van der Waals surface area contributed by atoms with Crippen molar-refractivity contribution in [2.24, 2.45) is 11.8 Å². The number of piperidine rings is 2. The van der Waals surface area contributed by atoms with Gasteiger partial charge in [0.25, 0.3) is 0 Å². The molecular formula is C20H39N5. The molecule has 3 rings (SSSR count). The first kappa shape index (κ1) is 20.4. The van der Waals surface area contributed by atoms with Gasteiger partial charge in [0, 0.05) is 19.1 Å². The van der Waals surface area contributed by atoms with E-state index < -0.39 is 0 Å². The van der Waals surface area contributed by atoms with Crippen molar-refractivity contribution in [3.8, 4) is 0 Å². The summed E-state index contributed by atoms with van der Waals surface area (Å²) in [5.74, 6) is 1.83. The highest BCUT2D eigenvalue weighted by Gasteiger charge is 2.24. The minimum Gasteiger partial charge on any atom is -0.303 e. The predicted molar refractivity (Wildman–Crippen MR) is 105 cm³/mol. The Morgan fingerprint density at radius 1 is 1.00 bits per heavy atom. The van der Waals surface area contributed by atoms with Crippen molar-refractivity contribution in [1.82, 2.24) is 24.8 Å². The summed E-state index contributed by atoms with van der Waals surface area (Å²) in [5, 5.41) is 8.53. The highest BCUT2D eigenvalue weighted by atomic mass is 15.4. The lowest BCUT2D eigenvalue weighted by atomic mass is 9.93. The summed E-state index contributed by atoms with van der Waals surface area (Å²) in [7, 11) is 0. The van der Waals surface area contributed by atoms with E-state index in [1.54, 1.807) is 0 Å². The van der Waals surface area contributed by atoms with Crippen molar-refractivity contribution in [3.05, 3.63) is 11.9 Å². The molecule has 2 aliphatic heterocycles. The number of aromatic nitrogens is 3. The van der Waals surface area contributed by atoms with Crippen LogP contribution in [-0.4, -0.2) is 57.5 Å². The lowest BCUT2D eigenvalue weighted by molar-refractivity contribution is 0.117. The summed E-state index contributed by atoms with van der Waals surface area (Å²) >= 11 is 0. The van der Waals surface area contributed by atoms with Gasteiger partial charge in [-0.2, -0.15) is 0 Å². The molecule has 25 heavy (non-hydrogen) atoms. The molecule has 1 aromatic heterocycles. The molecule has 0 amide bonds. The van der Waals surface area contributed by atoms with Crippen LogP contribution in [0.15, 0.2) is 6.20 Å². The number of rotatable bonds is 5. The summed E-state index contributed by atoms with van der Waals surface area (Å²) in [6, 6.07) is 0.397. The number of nitrogens with zero attached hydrogens (tertiary/aromatic N) is 5. The van der Waals surface area contributed by atoms with Gasteiger partial charge < -0.3 is 4.90 Å². The minimum atomic E-state index is 0.397. The van der Waals surface area contributed by atoms with Gasteiger partial charge in [0.05, 0.1) is 11.9 Å². The van der Waals surface area contributed by atoms with Crippen LogP contribution in [0.2, 0.25) is 0 Å². The molecule has 5 nitrogen and oxygen atoms in total. The Bertz CT molecular complexity index is 468. The largest absolute Gasteiger partial charge is 0.303 e. The Morgan fingerprint density at radius 2 is 1.60 bits per heavy atom. The van der Waals surface area contributed by atoms with Crippen molar-refractivity contribution in [1.29, 1.82) is 0 Å². The zero-order valence-corrected chi connectivity index (χ0v) is 17.1. The van der Waals surface area contributed by atoms with Crippen molar-refractivity contribution in [2.45, 2.75) is 72.9 Å². The molecule has 0 saturated carbocycles. The Hall–Kier alpha value is -0.940. The number of likely N-dealkylation sites (tertiary alicyclic amines) is 2. The lowest BCUT2D eigenvalue weighted by Gasteiger charge is -2.37. The first-order valence-corrected chi connectivity index (χ1v) is 10.5. The zero-order valence-electron chi connectivity index (χ0n) is 17.1. The van der Waals surface area contributed by atoms with Gasteiger partial charge in [-0.1, -0.05) is 26.0 Å². The van der Waals surface area contributed by atoms with Gasteiger partial charge in [-0.05, 0) is 77.5 Å². The summed E-state index contributed by atoms with van der Waals surface area (Å²) in [4.78, 5) is 5.25. The first-order chi connectivity index (χ1) is 12.1. The van der Waals surface area contributed by atoms with Gasteiger partial charge in [-0.15, -0.1) is 5.10 Å². The maximum Gasteiger partial charge on any atom is 0.0967 e. The summed E-state index contributed by atoms with van der Waals surface area (Å²) < 4.78 is 1.96. The fourth-order valence-corrected chi connectivity index (χ4v) is 3.80. The smallest absolute Gasteiger partial charge is 0.0967 e. The van der Waals surface area contributed by atoms with Crippen molar-refractivity contribution >= 4 is 0 Å². The Kier molecular flexibility index (Phi) is 8.37. The molecule has 5 heteroatoms. The van der Waals surface area contributed by atoms with Gasteiger partial charge in [0.1, 0.15) is 0 Å². The third-order valence-electron chi connectivity index (χ3n) is 5.57. The second-order valence-corrected chi connectivity index (χ2v) is 7.99. The van der Waals surface area contributed by atoms with E-state index in [4.69, 9.17) is 0 Å². The average Bonchev–Trinajstić information content (AvgIpc) is 3.09. The molecule has 3 heterocycles. The molecule has 144 valence electrons. The molecule has 0 bridgehead atoms. The number of hydrogen-bond acceptors (Lipinski definition) is 4. The molecule has 0 unspecified atom stereocenters. The molecule has 0 atom stereocenters. The van der Waals surface area contributed by atoms with Crippen LogP contribution >= 0.6 is 0 Å². The molecular weight excluding hydrogens is 310 g/mol. The second-order valence-electron chi connectivity index (χ2n) is 7.99. The molecule has 0 radical (unpaired) electrons. The highest BCUT2D eigenvalue weighted by Crippen LogP contribution is 2.23. The van der Waals surface area contributed by atoms with E-state index in [0.717, 1.165) is 24.1 Å². The predicted octanol–water partition coefficient (Wildman–Crippen LogP) is 3.83. The van der Waals surface area contributed by atoms with Crippen molar-refractivity contribution in [3.63, 3.8) is 0 Å². The quantitative estimate of drug-likeness (QED) is 0.809. The van der Waals surface area contributed by atoms with Crippen LogP contribution in [0, 0.1) is 11.8 Å². The fourth-order valence-electron chi connectivity index (χ4n) is 3.80. The Morgan fingerprint density at radius 3 is 2.16 bits per heavy atom. The standard InChI is InChI=1S/C18H33N5.C2H6/c1-15(2)23-14-18(19-20-23)13-22-10-6-17(7-11-22)12-21-8-4-16(3)5-9-21;1-2/h14-17H,4-13H2,1-3H3;1-2H3. The third-order valence-corrected chi connectivity index (χ3v) is 5.57. The maximum absolute atomic E-state index is 4.31. The Balaban J connectivity index is 0.00000109. The monoisotopic (exact) mass is 349 g/mol. The summed E-state index contributed by atoms with van der Waals surface area (Å²) in [6.45, 7) is 18.0. The normalized spacial score (nSPS) is 21.4. The van der Waals surface area contributed by atoms with Crippen LogP contribution in [0.1, 0.15) is 72.0 Å². The maximum atomic E-state index is 4.31. The Labute approximate surface area is 154 Å². The second kappa shape index (κ2) is 10.3. The minimum absolute atomic E-state index is 0.397. The van der Waals surface area contributed by atoms with Crippen molar-refractivity contribution < 1.29 is 0 Å². The molecule has 0 N–H and O–H groups in total. The molecule has 0 aromatic carbocycles. The van der Waals surface area contributed by atoms with E-state index in [-0.39, 0.29) is 0 Å². The van der Waals surface area contributed by atoms with E-state index in [0.29, 0.717) is 6.04 Å². The van der Waals surface area contributed by atoms with Gasteiger partial charge in [0.15, 0.2) is 0 Å². The SMILES string of the molecule is CC.CC1CCN(CC2CCN(Cc3cn(C(C)C)nn3)CC2)CC1. The van der Waals surface area contributed by atoms with E-state index >= 15 is 0 Å². The lowest BCUT2D eigenvalue weighted by Crippen LogP contribution is -2.41. The molecule has 0 aliphatic carbocycles. The van der Waals surface area contributed by atoms with Gasteiger partial charge in [0.2, 0.25) is 0 Å². The van der Waals surface area contributed by atoms with E-state index in [9.17, 15) is 0 Å². The molecule has 1 aromatic rings. The molecule has 2 saturated heterocycles. The van der Waals surface area contributed by atoms with Crippen LogP contribution in [-0.2, 0) is 6.54 Å². The van der Waals surface area contributed by atoms with E-state index in [1.807, 2.05) is 18.5 Å². The van der Waals surface area contributed by atoms with E-state index in [2.05, 4.69) is 47.1 Å². The first-order valence-electron chi connectivity index (χ1n) is 10.5. The highest BCUT2D eigenvalue weighted by molar-refractivity contribution is 4.93. The topological polar surface area (TPSA) is 37.2 Å². The van der Waals surface area contributed by atoms with Gasteiger partial charge >= 0.3 is 0 Å². The van der Waals surface area contributed by atoms with Crippen LogP contribution < -0.4 is 0 Å². The number of hydrogen-bond donors (Lipinski definition) is 0. The average molecular weight is 350 g/mol. The van der Waals surface area contributed by atoms with Gasteiger partial charge in [-0.3, -0.25) is 4.90 Å². The molecule has 0 spiro atoms. The van der Waals surface area contributed by atoms with Crippen LogP contribution in [0.25, 0.3) is 0 Å². The van der Waals surface area contributed by atoms with Gasteiger partial charge in [-0.25, -0.2) is 4.68 Å². The van der Waals surface area contributed by atoms with Crippen LogP contribution in [0.3, 0.4) is 0 Å².